The standard InChI is InChI=1S/C17H17NO7/c1-8(11-4-3-10(19)7-14(11)21)18-12(17(24)25)6-9-2-5-13(20)16(23)15(9)22/h2-5,7,12,19-23H,6H2,1H3,(H,24,25)/b18-8+. The summed E-state index contributed by atoms with van der Waals surface area (Å²) in [5.74, 6) is -3.56. The first kappa shape index (κ1) is 17.9. The van der Waals surface area contributed by atoms with Crippen LogP contribution in [0, 0.1) is 0 Å². The molecule has 0 aliphatic heterocycles. The van der Waals surface area contributed by atoms with Gasteiger partial charge in [0.25, 0.3) is 0 Å². The Bertz CT molecular complexity index is 845. The second-order valence-electron chi connectivity index (χ2n) is 5.42. The topological polar surface area (TPSA) is 151 Å². The van der Waals surface area contributed by atoms with Gasteiger partial charge in [-0.25, -0.2) is 4.79 Å². The fourth-order valence-electron chi connectivity index (χ4n) is 2.30. The van der Waals surface area contributed by atoms with E-state index in [1.807, 2.05) is 0 Å². The van der Waals surface area contributed by atoms with Crippen LogP contribution in [0.2, 0.25) is 0 Å². The number of aromatic hydroxyl groups is 5. The molecule has 1 unspecified atom stereocenters. The molecule has 0 amide bonds. The maximum Gasteiger partial charge on any atom is 0.328 e. The van der Waals surface area contributed by atoms with Crippen LogP contribution in [0.3, 0.4) is 0 Å². The monoisotopic (exact) mass is 347 g/mol. The number of carboxylic acid groups (broad SMARTS) is 1. The van der Waals surface area contributed by atoms with Crippen LogP contribution in [0.1, 0.15) is 18.1 Å². The summed E-state index contributed by atoms with van der Waals surface area (Å²) < 4.78 is 0. The van der Waals surface area contributed by atoms with Gasteiger partial charge in [-0.1, -0.05) is 6.07 Å². The van der Waals surface area contributed by atoms with Crippen LogP contribution < -0.4 is 0 Å². The van der Waals surface area contributed by atoms with Gasteiger partial charge in [-0.3, -0.25) is 4.99 Å². The van der Waals surface area contributed by atoms with Crippen molar-refractivity contribution in [3.05, 3.63) is 41.5 Å². The molecule has 0 saturated heterocycles. The highest BCUT2D eigenvalue weighted by Gasteiger charge is 2.22. The lowest BCUT2D eigenvalue weighted by atomic mass is 10.0. The lowest BCUT2D eigenvalue weighted by Crippen LogP contribution is -2.22. The number of hydrogen-bond donors (Lipinski definition) is 6. The Labute approximate surface area is 142 Å². The van der Waals surface area contributed by atoms with Gasteiger partial charge in [0, 0.05) is 29.3 Å². The van der Waals surface area contributed by atoms with Crippen LogP contribution in [0.4, 0.5) is 0 Å². The van der Waals surface area contributed by atoms with Crippen molar-refractivity contribution in [1.82, 2.24) is 0 Å². The van der Waals surface area contributed by atoms with Crippen molar-refractivity contribution in [2.24, 2.45) is 4.99 Å². The molecule has 25 heavy (non-hydrogen) atoms. The number of rotatable bonds is 5. The number of aliphatic imine (C=N–C) groups is 1. The van der Waals surface area contributed by atoms with Crippen molar-refractivity contribution in [3.8, 4) is 28.7 Å². The van der Waals surface area contributed by atoms with Crippen LogP contribution in [-0.2, 0) is 11.2 Å². The van der Waals surface area contributed by atoms with E-state index >= 15 is 0 Å². The zero-order chi connectivity index (χ0) is 18.7. The van der Waals surface area contributed by atoms with Gasteiger partial charge in [-0.2, -0.15) is 0 Å². The molecule has 0 fully saturated rings. The third-order valence-electron chi connectivity index (χ3n) is 3.63. The van der Waals surface area contributed by atoms with E-state index < -0.39 is 29.3 Å². The first-order valence-corrected chi connectivity index (χ1v) is 7.23. The van der Waals surface area contributed by atoms with Gasteiger partial charge in [0.2, 0.25) is 5.75 Å². The van der Waals surface area contributed by atoms with E-state index in [4.69, 9.17) is 0 Å². The van der Waals surface area contributed by atoms with Crippen molar-refractivity contribution in [2.45, 2.75) is 19.4 Å². The number of aliphatic carboxylic acids is 1. The number of carboxylic acids is 1. The molecule has 0 aromatic heterocycles. The van der Waals surface area contributed by atoms with Gasteiger partial charge in [-0.05, 0) is 25.1 Å². The molecule has 0 bridgehead atoms. The molecule has 0 radical (unpaired) electrons. The maximum absolute atomic E-state index is 11.5. The van der Waals surface area contributed by atoms with Crippen LogP contribution in [0.5, 0.6) is 28.7 Å². The second kappa shape index (κ2) is 7.00. The van der Waals surface area contributed by atoms with Gasteiger partial charge in [-0.15, -0.1) is 0 Å². The van der Waals surface area contributed by atoms with Crippen molar-refractivity contribution >= 4 is 11.7 Å². The minimum Gasteiger partial charge on any atom is -0.508 e. The molecule has 2 aromatic rings. The zero-order valence-corrected chi connectivity index (χ0v) is 13.2. The number of benzene rings is 2. The Hall–Kier alpha value is -3.42. The van der Waals surface area contributed by atoms with Gasteiger partial charge < -0.3 is 30.6 Å². The molecule has 0 saturated carbocycles. The Morgan fingerprint density at radius 1 is 1.00 bits per heavy atom. The predicted molar refractivity (Wildman–Crippen MR) is 88.5 cm³/mol. The molecule has 132 valence electrons. The Morgan fingerprint density at radius 2 is 1.68 bits per heavy atom. The summed E-state index contributed by atoms with van der Waals surface area (Å²) in [6.07, 6.45) is -0.245. The third-order valence-corrected chi connectivity index (χ3v) is 3.63. The molecule has 0 aliphatic carbocycles. The molecular formula is C17H17NO7. The van der Waals surface area contributed by atoms with E-state index in [2.05, 4.69) is 4.99 Å². The van der Waals surface area contributed by atoms with Crippen LogP contribution in [-0.4, -0.2) is 48.4 Å². The molecule has 2 aromatic carbocycles. The fourth-order valence-corrected chi connectivity index (χ4v) is 2.30. The van der Waals surface area contributed by atoms with Gasteiger partial charge in [0.05, 0.1) is 0 Å². The van der Waals surface area contributed by atoms with Gasteiger partial charge in [0.15, 0.2) is 17.5 Å². The highest BCUT2D eigenvalue weighted by molar-refractivity contribution is 6.02. The predicted octanol–water partition coefficient (Wildman–Crippen LogP) is 1.72. The van der Waals surface area contributed by atoms with E-state index in [0.29, 0.717) is 0 Å². The van der Waals surface area contributed by atoms with E-state index in [-0.39, 0.29) is 34.8 Å². The van der Waals surface area contributed by atoms with Crippen LogP contribution >= 0.6 is 0 Å². The Balaban J connectivity index is 2.35. The van der Waals surface area contributed by atoms with Gasteiger partial charge in [0.1, 0.15) is 11.5 Å². The molecule has 0 heterocycles. The quantitative estimate of drug-likeness (QED) is 0.356. The summed E-state index contributed by atoms with van der Waals surface area (Å²) in [4.78, 5) is 15.5. The number of hydrogen-bond acceptors (Lipinski definition) is 7. The van der Waals surface area contributed by atoms with Crippen LogP contribution in [0.15, 0.2) is 35.3 Å². The molecule has 8 heteroatoms. The van der Waals surface area contributed by atoms with E-state index in [1.165, 1.54) is 25.1 Å². The number of nitrogens with zero attached hydrogens (tertiary/aromatic N) is 1. The average molecular weight is 347 g/mol. The molecule has 0 aliphatic rings. The van der Waals surface area contributed by atoms with Crippen molar-refractivity contribution in [3.63, 3.8) is 0 Å². The maximum atomic E-state index is 11.5. The molecular weight excluding hydrogens is 330 g/mol. The normalized spacial score (nSPS) is 12.8. The summed E-state index contributed by atoms with van der Waals surface area (Å²) >= 11 is 0. The first-order chi connectivity index (χ1) is 11.7. The van der Waals surface area contributed by atoms with E-state index in [9.17, 15) is 35.4 Å². The number of phenols is 5. The highest BCUT2D eigenvalue weighted by Crippen LogP contribution is 2.37. The largest absolute Gasteiger partial charge is 0.508 e. The Morgan fingerprint density at radius 3 is 2.28 bits per heavy atom. The lowest BCUT2D eigenvalue weighted by molar-refractivity contribution is -0.138. The Kier molecular flexibility index (Phi) is 5.02. The summed E-state index contributed by atoms with van der Waals surface area (Å²) in [5, 5.41) is 57.1. The summed E-state index contributed by atoms with van der Waals surface area (Å²) in [7, 11) is 0. The summed E-state index contributed by atoms with van der Waals surface area (Å²) in [6.45, 7) is 1.50. The lowest BCUT2D eigenvalue weighted by Gasteiger charge is -2.13. The molecule has 2 rings (SSSR count). The molecule has 0 spiro atoms. The van der Waals surface area contributed by atoms with Crippen molar-refractivity contribution in [1.29, 1.82) is 0 Å². The molecule has 8 nitrogen and oxygen atoms in total. The SMILES string of the molecule is C/C(=N\C(Cc1ccc(O)c(O)c1O)C(=O)O)c1ccc(O)cc1O. The van der Waals surface area contributed by atoms with Crippen molar-refractivity contribution < 1.29 is 35.4 Å². The minimum absolute atomic E-state index is 0.0918. The molecule has 6 N–H and O–H groups in total. The molecule has 1 atom stereocenters. The minimum atomic E-state index is -1.30. The fraction of sp³-hybridized carbons (Fsp3) is 0.176. The second-order valence-corrected chi connectivity index (χ2v) is 5.42. The van der Waals surface area contributed by atoms with Crippen molar-refractivity contribution in [2.75, 3.05) is 0 Å². The first-order valence-electron chi connectivity index (χ1n) is 7.23. The summed E-state index contributed by atoms with van der Waals surface area (Å²) in [5.41, 5.74) is 0.559. The average Bonchev–Trinajstić information content (AvgIpc) is 2.54. The number of carbonyl (C=O) groups is 1. The van der Waals surface area contributed by atoms with Crippen LogP contribution in [0.25, 0.3) is 0 Å². The smallest absolute Gasteiger partial charge is 0.328 e. The zero-order valence-electron chi connectivity index (χ0n) is 13.2. The van der Waals surface area contributed by atoms with E-state index in [0.717, 1.165) is 12.1 Å². The van der Waals surface area contributed by atoms with Gasteiger partial charge >= 0.3 is 5.97 Å². The highest BCUT2D eigenvalue weighted by atomic mass is 16.4. The van der Waals surface area contributed by atoms with E-state index in [1.54, 1.807) is 0 Å². The summed E-state index contributed by atoms with van der Waals surface area (Å²) in [6, 6.07) is 4.94. The third kappa shape index (κ3) is 3.92. The number of phenolic OH excluding ortho intramolecular Hbond substituents is 5.